The minimum absolute atomic E-state index is 0.00856. The van der Waals surface area contributed by atoms with Gasteiger partial charge in [-0.05, 0) is 84.8 Å². The lowest BCUT2D eigenvalue weighted by molar-refractivity contribution is -0.116. The molecular weight excluding hydrogens is 581 g/mol. The van der Waals surface area contributed by atoms with E-state index in [0.717, 1.165) is 4.90 Å². The fourth-order valence-corrected chi connectivity index (χ4v) is 5.15. The molecule has 0 saturated carbocycles. The molecule has 0 aliphatic heterocycles. The maximum atomic E-state index is 13.5. The average Bonchev–Trinajstić information content (AvgIpc) is 3.04. The Hall–Kier alpha value is -5.09. The van der Waals surface area contributed by atoms with E-state index in [0.29, 0.717) is 40.4 Å². The summed E-state index contributed by atoms with van der Waals surface area (Å²) in [5, 5.41) is 7.95. The van der Waals surface area contributed by atoms with E-state index >= 15 is 0 Å². The van der Waals surface area contributed by atoms with Crippen LogP contribution in [0.25, 0.3) is 6.08 Å². The Kier molecular flexibility index (Phi) is 11.1. The molecule has 0 aliphatic rings. The number of thioether (sulfide) groups is 1. The van der Waals surface area contributed by atoms with E-state index in [9.17, 15) is 18.8 Å². The van der Waals surface area contributed by atoms with Gasteiger partial charge in [-0.1, -0.05) is 37.3 Å². The van der Waals surface area contributed by atoms with Gasteiger partial charge in [0.2, 0.25) is 5.91 Å². The Bertz CT molecular complexity index is 1640. The highest BCUT2D eigenvalue weighted by Crippen LogP contribution is 2.30. The van der Waals surface area contributed by atoms with E-state index in [4.69, 9.17) is 9.47 Å². The number of halogens is 1. The van der Waals surface area contributed by atoms with Crippen LogP contribution in [0.5, 0.6) is 11.5 Å². The molecule has 0 radical (unpaired) electrons. The second-order valence-corrected chi connectivity index (χ2v) is 10.8. The Morgan fingerprint density at radius 3 is 2.23 bits per heavy atom. The first-order valence-electron chi connectivity index (χ1n) is 13.7. The van der Waals surface area contributed by atoms with Gasteiger partial charge in [0, 0.05) is 21.8 Å². The normalized spacial score (nSPS) is 11.7. The lowest BCUT2D eigenvalue weighted by Crippen LogP contribution is -2.30. The zero-order valence-corrected chi connectivity index (χ0v) is 25.2. The third-order valence-corrected chi connectivity index (χ3v) is 7.75. The van der Waals surface area contributed by atoms with Crippen molar-refractivity contribution in [2.24, 2.45) is 0 Å². The van der Waals surface area contributed by atoms with E-state index in [2.05, 4.69) is 16.0 Å². The van der Waals surface area contributed by atoms with Crippen molar-refractivity contribution >= 4 is 46.9 Å². The smallest absolute Gasteiger partial charge is 0.272 e. The summed E-state index contributed by atoms with van der Waals surface area (Å²) in [5.74, 6) is -0.613. The largest absolute Gasteiger partial charge is 0.493 e. The monoisotopic (exact) mass is 613 g/mol. The number of hydrogen-bond donors (Lipinski definition) is 3. The molecule has 0 bridgehead atoms. The van der Waals surface area contributed by atoms with Crippen LogP contribution < -0.4 is 25.4 Å². The molecule has 4 aromatic carbocycles. The molecule has 0 fully saturated rings. The second-order valence-electron chi connectivity index (χ2n) is 9.49. The van der Waals surface area contributed by atoms with Crippen LogP contribution in [-0.2, 0) is 9.59 Å². The SMILES string of the molecule is CCC(Sc1cccc(NC(=O)/C(=C\c2ccc(OC)c(OC)c2)NC(=O)c2ccccc2)c1)C(=O)Nc1ccc(F)cc1. The maximum absolute atomic E-state index is 13.5. The zero-order valence-electron chi connectivity index (χ0n) is 24.4. The number of anilines is 2. The van der Waals surface area contributed by atoms with Crippen LogP contribution in [-0.4, -0.2) is 37.2 Å². The topological polar surface area (TPSA) is 106 Å². The number of carbonyl (C=O) groups is 3. The third kappa shape index (κ3) is 8.71. The molecule has 0 aliphatic carbocycles. The second kappa shape index (κ2) is 15.4. The Morgan fingerprint density at radius 1 is 0.818 bits per heavy atom. The Balaban J connectivity index is 1.53. The van der Waals surface area contributed by atoms with Gasteiger partial charge in [0.15, 0.2) is 11.5 Å². The molecule has 3 amide bonds. The van der Waals surface area contributed by atoms with Gasteiger partial charge < -0.3 is 25.4 Å². The van der Waals surface area contributed by atoms with Crippen molar-refractivity contribution in [2.75, 3.05) is 24.9 Å². The van der Waals surface area contributed by atoms with Gasteiger partial charge in [-0.3, -0.25) is 14.4 Å². The number of methoxy groups -OCH3 is 2. The predicted octanol–water partition coefficient (Wildman–Crippen LogP) is 6.76. The first-order chi connectivity index (χ1) is 21.3. The first kappa shape index (κ1) is 31.8. The van der Waals surface area contributed by atoms with Crippen molar-refractivity contribution in [3.05, 3.63) is 120 Å². The van der Waals surface area contributed by atoms with Crippen molar-refractivity contribution in [1.29, 1.82) is 0 Å². The highest BCUT2D eigenvalue weighted by Gasteiger charge is 2.20. The molecular formula is C34H32FN3O5S. The number of hydrogen-bond acceptors (Lipinski definition) is 6. The number of amides is 3. The van der Waals surface area contributed by atoms with Gasteiger partial charge in [-0.2, -0.15) is 0 Å². The van der Waals surface area contributed by atoms with E-state index in [1.807, 2.05) is 13.0 Å². The molecule has 0 aromatic heterocycles. The molecule has 0 saturated heterocycles. The molecule has 226 valence electrons. The van der Waals surface area contributed by atoms with E-state index in [1.54, 1.807) is 72.8 Å². The summed E-state index contributed by atoms with van der Waals surface area (Å²) in [4.78, 5) is 40.2. The summed E-state index contributed by atoms with van der Waals surface area (Å²) in [5.41, 5.74) is 1.97. The minimum atomic E-state index is -0.549. The summed E-state index contributed by atoms with van der Waals surface area (Å²) >= 11 is 1.34. The van der Waals surface area contributed by atoms with Crippen molar-refractivity contribution in [2.45, 2.75) is 23.5 Å². The third-order valence-electron chi connectivity index (χ3n) is 6.39. The molecule has 10 heteroatoms. The van der Waals surface area contributed by atoms with Gasteiger partial charge in [0.1, 0.15) is 11.5 Å². The summed E-state index contributed by atoms with van der Waals surface area (Å²) in [7, 11) is 3.04. The average molecular weight is 614 g/mol. The molecule has 4 aromatic rings. The van der Waals surface area contributed by atoms with E-state index in [1.165, 1.54) is 50.2 Å². The van der Waals surface area contributed by atoms with E-state index < -0.39 is 17.1 Å². The maximum Gasteiger partial charge on any atom is 0.272 e. The van der Waals surface area contributed by atoms with Crippen LogP contribution in [0.2, 0.25) is 0 Å². The van der Waals surface area contributed by atoms with Crippen molar-refractivity contribution < 1.29 is 28.2 Å². The first-order valence-corrected chi connectivity index (χ1v) is 14.6. The van der Waals surface area contributed by atoms with Crippen LogP contribution >= 0.6 is 11.8 Å². The summed E-state index contributed by atoms with van der Waals surface area (Å²) in [6.07, 6.45) is 2.08. The highest BCUT2D eigenvalue weighted by atomic mass is 32.2. The van der Waals surface area contributed by atoms with Crippen LogP contribution in [0.15, 0.2) is 108 Å². The molecule has 4 rings (SSSR count). The lowest BCUT2D eigenvalue weighted by atomic mass is 10.1. The van der Waals surface area contributed by atoms with Crippen molar-refractivity contribution in [1.82, 2.24) is 5.32 Å². The molecule has 44 heavy (non-hydrogen) atoms. The molecule has 8 nitrogen and oxygen atoms in total. The van der Waals surface area contributed by atoms with Gasteiger partial charge in [-0.25, -0.2) is 4.39 Å². The quantitative estimate of drug-likeness (QED) is 0.120. The van der Waals surface area contributed by atoms with Crippen LogP contribution in [0.3, 0.4) is 0 Å². The summed E-state index contributed by atoms with van der Waals surface area (Å²) in [6.45, 7) is 1.90. The van der Waals surface area contributed by atoms with Gasteiger partial charge in [0.25, 0.3) is 11.8 Å². The van der Waals surface area contributed by atoms with Crippen molar-refractivity contribution in [3.8, 4) is 11.5 Å². The number of benzene rings is 4. The molecule has 1 unspecified atom stereocenters. The molecule has 0 spiro atoms. The van der Waals surface area contributed by atoms with Crippen LogP contribution in [0, 0.1) is 5.82 Å². The summed E-state index contributed by atoms with van der Waals surface area (Å²) in [6, 6.07) is 26.4. The number of ether oxygens (including phenoxy) is 2. The highest BCUT2D eigenvalue weighted by molar-refractivity contribution is 8.00. The van der Waals surface area contributed by atoms with Crippen LogP contribution in [0.1, 0.15) is 29.3 Å². The standard InChI is InChI=1S/C34H32FN3O5S/c1-4-31(34(41)36-25-16-14-24(35)15-17-25)44-27-12-8-11-26(21-27)37-33(40)28(38-32(39)23-9-6-5-7-10-23)19-22-13-18-29(42-2)30(20-22)43-3/h5-21,31H,4H2,1-3H3,(H,36,41)(H,37,40)(H,38,39)/b28-19+. The molecule has 1 atom stereocenters. The molecule has 3 N–H and O–H groups in total. The van der Waals surface area contributed by atoms with E-state index in [-0.39, 0.29) is 17.4 Å². The van der Waals surface area contributed by atoms with Gasteiger partial charge >= 0.3 is 0 Å². The number of carbonyl (C=O) groups excluding carboxylic acids is 3. The fourth-order valence-electron chi connectivity index (χ4n) is 4.14. The number of nitrogens with one attached hydrogen (secondary N) is 3. The Morgan fingerprint density at radius 2 is 1.55 bits per heavy atom. The van der Waals surface area contributed by atoms with Crippen LogP contribution in [0.4, 0.5) is 15.8 Å². The zero-order chi connectivity index (χ0) is 31.5. The molecule has 0 heterocycles. The predicted molar refractivity (Wildman–Crippen MR) is 171 cm³/mol. The summed E-state index contributed by atoms with van der Waals surface area (Å²) < 4.78 is 23.9. The van der Waals surface area contributed by atoms with Gasteiger partial charge in [0.05, 0.1) is 19.5 Å². The van der Waals surface area contributed by atoms with Crippen molar-refractivity contribution in [3.63, 3.8) is 0 Å². The minimum Gasteiger partial charge on any atom is -0.493 e. The fraction of sp³-hybridized carbons (Fsp3) is 0.147. The number of rotatable bonds is 12. The lowest BCUT2D eigenvalue weighted by Gasteiger charge is -2.16. The van der Waals surface area contributed by atoms with Gasteiger partial charge in [-0.15, -0.1) is 11.8 Å². The Labute approximate surface area is 259 Å².